The van der Waals surface area contributed by atoms with E-state index >= 15 is 0 Å². The van der Waals surface area contributed by atoms with Gasteiger partial charge in [0.25, 0.3) is 0 Å². The number of hydrogen-bond donors (Lipinski definition) is 3. The Morgan fingerprint density at radius 1 is 0.812 bits per heavy atom. The van der Waals surface area contributed by atoms with Crippen LogP contribution in [0.15, 0.2) is 113 Å². The van der Waals surface area contributed by atoms with E-state index in [9.17, 15) is 0 Å². The van der Waals surface area contributed by atoms with Gasteiger partial charge in [-0.2, -0.15) is 0 Å². The Balaban J connectivity index is 1.33. The van der Waals surface area contributed by atoms with Gasteiger partial charge in [-0.15, -0.1) is 0 Å². The molecule has 4 nitrogen and oxygen atoms in total. The fraction of sp³-hybridized carbons (Fsp3) is 0.0741. The molecule has 0 fully saturated rings. The van der Waals surface area contributed by atoms with Crippen molar-refractivity contribution in [3.63, 3.8) is 0 Å². The SMILES string of the molecule is c1ccc(Sc2cc(NCCc3c[nH]c4ccccc34)ccc2Nc2ccncc2)cc1. The van der Waals surface area contributed by atoms with Crippen molar-refractivity contribution in [1.82, 2.24) is 9.97 Å². The van der Waals surface area contributed by atoms with Crippen LogP contribution in [0.3, 0.4) is 0 Å². The number of para-hydroxylation sites is 1. The van der Waals surface area contributed by atoms with E-state index in [0.29, 0.717) is 0 Å². The maximum absolute atomic E-state index is 4.11. The molecule has 0 aliphatic carbocycles. The highest BCUT2D eigenvalue weighted by molar-refractivity contribution is 7.99. The van der Waals surface area contributed by atoms with Crippen LogP contribution in [0.1, 0.15) is 5.56 Å². The third kappa shape index (κ3) is 4.79. The molecule has 0 saturated heterocycles. The van der Waals surface area contributed by atoms with Gasteiger partial charge < -0.3 is 15.6 Å². The normalized spacial score (nSPS) is 10.9. The number of aromatic nitrogens is 2. The molecule has 0 atom stereocenters. The second kappa shape index (κ2) is 9.62. The molecule has 2 aromatic heterocycles. The summed E-state index contributed by atoms with van der Waals surface area (Å²) in [5, 5.41) is 8.42. The van der Waals surface area contributed by atoms with Gasteiger partial charge in [-0.1, -0.05) is 48.2 Å². The topological polar surface area (TPSA) is 52.7 Å². The first-order valence-electron chi connectivity index (χ1n) is 10.7. The summed E-state index contributed by atoms with van der Waals surface area (Å²) < 4.78 is 0. The van der Waals surface area contributed by atoms with Gasteiger partial charge in [-0.3, -0.25) is 4.98 Å². The fourth-order valence-corrected chi connectivity index (χ4v) is 4.67. The average molecular weight is 437 g/mol. The Labute approximate surface area is 192 Å². The third-order valence-corrected chi connectivity index (χ3v) is 6.38. The standard InChI is InChI=1S/C27H24N4S/c1-2-6-23(7-3-1)32-27-18-22(10-11-26(27)31-21-13-15-28-16-14-21)29-17-12-20-19-30-25-9-5-4-8-24(20)25/h1-11,13-16,18-19,29-30H,12,17H2,(H,28,31). The summed E-state index contributed by atoms with van der Waals surface area (Å²) in [6, 6.07) is 29.4. The van der Waals surface area contributed by atoms with E-state index < -0.39 is 0 Å². The summed E-state index contributed by atoms with van der Waals surface area (Å²) in [6.45, 7) is 0.869. The van der Waals surface area contributed by atoms with Crippen LogP contribution in [-0.4, -0.2) is 16.5 Å². The molecule has 0 amide bonds. The van der Waals surface area contributed by atoms with Crippen molar-refractivity contribution in [2.75, 3.05) is 17.2 Å². The number of rotatable bonds is 8. The first kappa shape index (κ1) is 20.2. The van der Waals surface area contributed by atoms with Crippen LogP contribution in [0.4, 0.5) is 17.1 Å². The molecule has 0 spiro atoms. The summed E-state index contributed by atoms with van der Waals surface area (Å²) in [5.41, 5.74) is 5.74. The largest absolute Gasteiger partial charge is 0.385 e. The zero-order valence-electron chi connectivity index (χ0n) is 17.6. The Morgan fingerprint density at radius 2 is 1.62 bits per heavy atom. The minimum absolute atomic E-state index is 0.869. The van der Waals surface area contributed by atoms with Crippen LogP contribution in [0.2, 0.25) is 0 Å². The summed E-state index contributed by atoms with van der Waals surface area (Å²) in [5.74, 6) is 0. The maximum Gasteiger partial charge on any atom is 0.0527 e. The number of H-pyrrole nitrogens is 1. The molecular formula is C27H24N4S. The van der Waals surface area contributed by atoms with E-state index in [-0.39, 0.29) is 0 Å². The smallest absolute Gasteiger partial charge is 0.0527 e. The fourth-order valence-electron chi connectivity index (χ4n) is 3.71. The number of nitrogens with one attached hydrogen (secondary N) is 3. The number of anilines is 3. The first-order chi connectivity index (χ1) is 15.8. The summed E-state index contributed by atoms with van der Waals surface area (Å²) in [4.78, 5) is 9.85. The molecule has 0 saturated carbocycles. The zero-order valence-corrected chi connectivity index (χ0v) is 18.4. The molecule has 158 valence electrons. The second-order valence-corrected chi connectivity index (χ2v) is 8.64. The van der Waals surface area contributed by atoms with Gasteiger partial charge in [0.15, 0.2) is 0 Å². The number of nitrogens with zero attached hydrogens (tertiary/aromatic N) is 1. The quantitative estimate of drug-likeness (QED) is 0.243. The highest BCUT2D eigenvalue weighted by Gasteiger charge is 2.08. The van der Waals surface area contributed by atoms with Crippen LogP contribution >= 0.6 is 11.8 Å². The molecule has 0 aliphatic rings. The van der Waals surface area contributed by atoms with Gasteiger partial charge in [0.05, 0.1) is 5.69 Å². The lowest BCUT2D eigenvalue weighted by Gasteiger charge is -2.15. The van der Waals surface area contributed by atoms with E-state index in [0.717, 1.165) is 30.0 Å². The van der Waals surface area contributed by atoms with Crippen LogP contribution < -0.4 is 10.6 Å². The van der Waals surface area contributed by atoms with Gasteiger partial charge in [0.2, 0.25) is 0 Å². The molecule has 3 N–H and O–H groups in total. The van der Waals surface area contributed by atoms with E-state index in [2.05, 4.69) is 93.5 Å². The molecule has 3 aromatic carbocycles. The molecule has 5 rings (SSSR count). The molecule has 5 aromatic rings. The van der Waals surface area contributed by atoms with E-state index in [1.54, 1.807) is 24.2 Å². The van der Waals surface area contributed by atoms with E-state index in [4.69, 9.17) is 0 Å². The Hall–Kier alpha value is -3.70. The lowest BCUT2D eigenvalue weighted by Crippen LogP contribution is -2.05. The average Bonchev–Trinajstić information content (AvgIpc) is 3.25. The predicted molar refractivity (Wildman–Crippen MR) is 135 cm³/mol. The van der Waals surface area contributed by atoms with Gasteiger partial charge >= 0.3 is 0 Å². The van der Waals surface area contributed by atoms with Crippen molar-refractivity contribution >= 4 is 39.7 Å². The Morgan fingerprint density at radius 3 is 2.50 bits per heavy atom. The lowest BCUT2D eigenvalue weighted by molar-refractivity contribution is 1.03. The van der Waals surface area contributed by atoms with Gasteiger partial charge in [-0.05, 0) is 60.5 Å². The number of pyridine rings is 1. The first-order valence-corrected chi connectivity index (χ1v) is 11.5. The molecule has 5 heteroatoms. The van der Waals surface area contributed by atoms with Crippen molar-refractivity contribution in [2.45, 2.75) is 16.2 Å². The molecular weight excluding hydrogens is 412 g/mol. The predicted octanol–water partition coefficient (Wildman–Crippen LogP) is 7.11. The van der Waals surface area contributed by atoms with Crippen molar-refractivity contribution < 1.29 is 0 Å². The Kier molecular flexibility index (Phi) is 6.08. The highest BCUT2D eigenvalue weighted by Crippen LogP contribution is 2.36. The van der Waals surface area contributed by atoms with Crippen molar-refractivity contribution in [3.05, 3.63) is 109 Å². The zero-order chi connectivity index (χ0) is 21.6. The molecule has 0 unspecified atom stereocenters. The number of aromatic amines is 1. The highest BCUT2D eigenvalue weighted by atomic mass is 32.2. The van der Waals surface area contributed by atoms with Gasteiger partial charge in [0.1, 0.15) is 0 Å². The molecule has 2 heterocycles. The summed E-state index contributed by atoms with van der Waals surface area (Å²) in [7, 11) is 0. The lowest BCUT2D eigenvalue weighted by atomic mass is 10.1. The molecule has 0 aliphatic heterocycles. The number of fused-ring (bicyclic) bond motifs is 1. The van der Waals surface area contributed by atoms with Crippen LogP contribution in [0.25, 0.3) is 10.9 Å². The second-order valence-electron chi connectivity index (χ2n) is 7.52. The van der Waals surface area contributed by atoms with Crippen LogP contribution in [0.5, 0.6) is 0 Å². The Bertz CT molecular complexity index is 1300. The minimum Gasteiger partial charge on any atom is -0.385 e. The van der Waals surface area contributed by atoms with Crippen molar-refractivity contribution in [3.8, 4) is 0 Å². The minimum atomic E-state index is 0.869. The number of benzene rings is 3. The molecule has 32 heavy (non-hydrogen) atoms. The monoisotopic (exact) mass is 436 g/mol. The van der Waals surface area contributed by atoms with E-state index in [1.165, 1.54) is 26.3 Å². The summed E-state index contributed by atoms with van der Waals surface area (Å²) >= 11 is 1.76. The van der Waals surface area contributed by atoms with Crippen molar-refractivity contribution in [1.29, 1.82) is 0 Å². The summed E-state index contributed by atoms with van der Waals surface area (Å²) in [6.07, 6.45) is 6.67. The van der Waals surface area contributed by atoms with Gasteiger partial charge in [-0.25, -0.2) is 0 Å². The molecule has 0 radical (unpaired) electrons. The van der Waals surface area contributed by atoms with Crippen LogP contribution in [0, 0.1) is 0 Å². The van der Waals surface area contributed by atoms with E-state index in [1.807, 2.05) is 18.2 Å². The third-order valence-electron chi connectivity index (χ3n) is 5.31. The number of hydrogen-bond acceptors (Lipinski definition) is 4. The molecule has 0 bridgehead atoms. The maximum atomic E-state index is 4.11. The van der Waals surface area contributed by atoms with Crippen LogP contribution in [-0.2, 0) is 6.42 Å². The van der Waals surface area contributed by atoms with Gasteiger partial charge in [0, 0.05) is 57.2 Å². The van der Waals surface area contributed by atoms with Crippen molar-refractivity contribution in [2.24, 2.45) is 0 Å².